The molecule has 1 aromatic heterocycles. The second-order valence-corrected chi connectivity index (χ2v) is 6.28. The van der Waals surface area contributed by atoms with Crippen LogP contribution in [0.2, 0.25) is 0 Å². The van der Waals surface area contributed by atoms with E-state index in [1.807, 2.05) is 0 Å². The fourth-order valence-corrected chi connectivity index (χ4v) is 3.67. The Bertz CT molecular complexity index is 626. The van der Waals surface area contributed by atoms with E-state index in [1.54, 1.807) is 0 Å². The molecule has 3 rings (SSSR count). The summed E-state index contributed by atoms with van der Waals surface area (Å²) >= 11 is 6.42. The van der Waals surface area contributed by atoms with Gasteiger partial charge in [-0.2, -0.15) is 0 Å². The number of aromatic nitrogens is 1. The molecule has 0 N–H and O–H groups in total. The average Bonchev–Trinajstić information content (AvgIpc) is 2.54. The lowest BCUT2D eigenvalue weighted by atomic mass is 9.91. The second kappa shape index (κ2) is 6.19. The Morgan fingerprint density at radius 1 is 1.10 bits per heavy atom. The molecule has 1 heterocycles. The maximum Gasteiger partial charge on any atom is 0.0711 e. The molecule has 1 nitrogen and oxygen atoms in total. The zero-order valence-electron chi connectivity index (χ0n) is 12.8. The van der Waals surface area contributed by atoms with Crippen LogP contribution in [0.3, 0.4) is 0 Å². The zero-order valence-corrected chi connectivity index (χ0v) is 13.6. The van der Waals surface area contributed by atoms with Gasteiger partial charge >= 0.3 is 0 Å². The summed E-state index contributed by atoms with van der Waals surface area (Å²) in [5, 5.41) is 0.141. The van der Waals surface area contributed by atoms with Crippen LogP contribution < -0.4 is 0 Å². The molecule has 0 saturated heterocycles. The highest BCUT2D eigenvalue weighted by Crippen LogP contribution is 2.36. The van der Waals surface area contributed by atoms with Crippen LogP contribution in [0.5, 0.6) is 0 Å². The highest BCUT2D eigenvalue weighted by molar-refractivity contribution is 6.21. The first kappa shape index (κ1) is 14.6. The lowest BCUT2D eigenvalue weighted by molar-refractivity contribution is 0.652. The molecule has 1 aliphatic rings. The highest BCUT2D eigenvalue weighted by atomic mass is 35.5. The van der Waals surface area contributed by atoms with E-state index in [0.717, 1.165) is 37.8 Å². The third-order valence-electron chi connectivity index (χ3n) is 4.47. The van der Waals surface area contributed by atoms with E-state index in [0.29, 0.717) is 0 Å². The Balaban J connectivity index is 2.13. The molecule has 0 radical (unpaired) electrons. The van der Waals surface area contributed by atoms with Crippen LogP contribution in [-0.4, -0.2) is 4.98 Å². The molecule has 2 aromatic rings. The number of fused-ring (bicyclic) bond motifs is 1. The SMILES string of the molecule is CCc1cccc(CC)c1-c1ccc2c(n1)CCCC2Cl. The summed E-state index contributed by atoms with van der Waals surface area (Å²) in [4.78, 5) is 4.97. The Morgan fingerprint density at radius 3 is 2.48 bits per heavy atom. The summed E-state index contributed by atoms with van der Waals surface area (Å²) in [6.07, 6.45) is 5.36. The molecule has 0 fully saturated rings. The summed E-state index contributed by atoms with van der Waals surface area (Å²) in [6, 6.07) is 11.0. The van der Waals surface area contributed by atoms with E-state index in [4.69, 9.17) is 16.6 Å². The van der Waals surface area contributed by atoms with Gasteiger partial charge in [0.2, 0.25) is 0 Å². The van der Waals surface area contributed by atoms with Crippen molar-refractivity contribution in [2.75, 3.05) is 0 Å². The molecule has 0 saturated carbocycles. The predicted molar refractivity (Wildman–Crippen MR) is 90.0 cm³/mol. The third kappa shape index (κ3) is 2.72. The van der Waals surface area contributed by atoms with Gasteiger partial charge in [0, 0.05) is 11.3 Å². The van der Waals surface area contributed by atoms with Gasteiger partial charge in [0.05, 0.1) is 11.1 Å². The quantitative estimate of drug-likeness (QED) is 0.683. The van der Waals surface area contributed by atoms with E-state index in [1.165, 1.54) is 27.9 Å². The molecule has 1 aliphatic carbocycles. The summed E-state index contributed by atoms with van der Waals surface area (Å²) in [5.41, 5.74) is 7.67. The number of hydrogen-bond donors (Lipinski definition) is 0. The number of alkyl halides is 1. The minimum Gasteiger partial charge on any atom is -0.252 e. The Hall–Kier alpha value is -1.34. The molecule has 0 aliphatic heterocycles. The predicted octanol–water partition coefficient (Wildman–Crippen LogP) is 5.49. The van der Waals surface area contributed by atoms with Crippen LogP contribution >= 0.6 is 11.6 Å². The molecule has 1 aromatic carbocycles. The monoisotopic (exact) mass is 299 g/mol. The summed E-state index contributed by atoms with van der Waals surface area (Å²) in [6.45, 7) is 4.43. The molecule has 0 amide bonds. The first-order valence-corrected chi connectivity index (χ1v) is 8.43. The van der Waals surface area contributed by atoms with Crippen LogP contribution in [-0.2, 0) is 19.3 Å². The standard InChI is InChI=1S/C19H22ClN/c1-3-13-7-5-8-14(4-2)19(13)18-12-11-15-16(20)9-6-10-17(15)21-18/h5,7-8,11-12,16H,3-4,6,9-10H2,1-2H3. The number of rotatable bonds is 3. The molecule has 0 bridgehead atoms. The van der Waals surface area contributed by atoms with Gasteiger partial charge in [-0.05, 0) is 54.9 Å². The van der Waals surface area contributed by atoms with Gasteiger partial charge in [-0.15, -0.1) is 11.6 Å². The number of hydrogen-bond acceptors (Lipinski definition) is 1. The van der Waals surface area contributed by atoms with Crippen LogP contribution in [0.4, 0.5) is 0 Å². The number of aryl methyl sites for hydroxylation is 3. The number of pyridine rings is 1. The van der Waals surface area contributed by atoms with Crippen molar-refractivity contribution in [3.63, 3.8) is 0 Å². The average molecular weight is 300 g/mol. The van der Waals surface area contributed by atoms with Gasteiger partial charge in [-0.25, -0.2) is 0 Å². The first-order chi connectivity index (χ1) is 10.2. The molecular weight excluding hydrogens is 278 g/mol. The van der Waals surface area contributed by atoms with Crippen molar-refractivity contribution in [1.82, 2.24) is 4.98 Å². The van der Waals surface area contributed by atoms with E-state index in [9.17, 15) is 0 Å². The van der Waals surface area contributed by atoms with Gasteiger partial charge in [0.25, 0.3) is 0 Å². The summed E-state index contributed by atoms with van der Waals surface area (Å²) < 4.78 is 0. The molecule has 110 valence electrons. The minimum atomic E-state index is 0.141. The molecular formula is C19H22ClN. The fraction of sp³-hybridized carbons (Fsp3) is 0.421. The van der Waals surface area contributed by atoms with Crippen molar-refractivity contribution in [2.45, 2.75) is 51.3 Å². The number of benzene rings is 1. The van der Waals surface area contributed by atoms with Crippen molar-refractivity contribution >= 4 is 11.6 Å². The maximum atomic E-state index is 6.42. The van der Waals surface area contributed by atoms with Crippen LogP contribution in [0.25, 0.3) is 11.3 Å². The fourth-order valence-electron chi connectivity index (χ4n) is 3.31. The zero-order chi connectivity index (χ0) is 14.8. The molecule has 1 atom stereocenters. The Kier molecular flexibility index (Phi) is 4.30. The van der Waals surface area contributed by atoms with Crippen molar-refractivity contribution < 1.29 is 0 Å². The van der Waals surface area contributed by atoms with Gasteiger partial charge in [0.15, 0.2) is 0 Å². The topological polar surface area (TPSA) is 12.9 Å². The second-order valence-electron chi connectivity index (χ2n) is 5.75. The van der Waals surface area contributed by atoms with Gasteiger partial charge in [0.1, 0.15) is 0 Å². The van der Waals surface area contributed by atoms with Gasteiger partial charge in [-0.3, -0.25) is 4.98 Å². The molecule has 2 heteroatoms. The normalized spacial score (nSPS) is 17.6. The van der Waals surface area contributed by atoms with Crippen LogP contribution in [0.1, 0.15) is 54.5 Å². The lowest BCUT2D eigenvalue weighted by Crippen LogP contribution is -2.08. The smallest absolute Gasteiger partial charge is 0.0711 e. The van der Waals surface area contributed by atoms with E-state index < -0.39 is 0 Å². The summed E-state index contributed by atoms with van der Waals surface area (Å²) in [7, 11) is 0. The molecule has 0 spiro atoms. The van der Waals surface area contributed by atoms with Crippen LogP contribution in [0.15, 0.2) is 30.3 Å². The van der Waals surface area contributed by atoms with Gasteiger partial charge in [-0.1, -0.05) is 38.1 Å². The van der Waals surface area contributed by atoms with Crippen molar-refractivity contribution in [1.29, 1.82) is 0 Å². The van der Waals surface area contributed by atoms with E-state index >= 15 is 0 Å². The Morgan fingerprint density at radius 2 is 1.81 bits per heavy atom. The molecule has 21 heavy (non-hydrogen) atoms. The highest BCUT2D eigenvalue weighted by Gasteiger charge is 2.20. The first-order valence-electron chi connectivity index (χ1n) is 7.99. The Labute approximate surface area is 132 Å². The van der Waals surface area contributed by atoms with E-state index in [2.05, 4.69) is 44.2 Å². The lowest BCUT2D eigenvalue weighted by Gasteiger charge is -2.21. The molecule has 1 unspecified atom stereocenters. The van der Waals surface area contributed by atoms with Gasteiger partial charge < -0.3 is 0 Å². The van der Waals surface area contributed by atoms with Crippen molar-refractivity contribution in [3.05, 3.63) is 52.7 Å². The van der Waals surface area contributed by atoms with Crippen molar-refractivity contribution in [2.24, 2.45) is 0 Å². The van der Waals surface area contributed by atoms with E-state index in [-0.39, 0.29) is 5.38 Å². The third-order valence-corrected chi connectivity index (χ3v) is 4.93. The largest absolute Gasteiger partial charge is 0.252 e. The maximum absolute atomic E-state index is 6.42. The number of halogens is 1. The summed E-state index contributed by atoms with van der Waals surface area (Å²) in [5.74, 6) is 0. The number of nitrogens with zero attached hydrogens (tertiary/aromatic N) is 1. The van der Waals surface area contributed by atoms with Crippen molar-refractivity contribution in [3.8, 4) is 11.3 Å². The minimum absolute atomic E-state index is 0.141. The van der Waals surface area contributed by atoms with Crippen LogP contribution in [0, 0.1) is 0 Å².